The van der Waals surface area contributed by atoms with Crippen LogP contribution in [0.1, 0.15) is 24.2 Å². The maximum absolute atomic E-state index is 12.4. The van der Waals surface area contributed by atoms with E-state index >= 15 is 0 Å². The lowest BCUT2D eigenvalue weighted by atomic mass is 10.1. The fourth-order valence-corrected chi connectivity index (χ4v) is 2.35. The van der Waals surface area contributed by atoms with Crippen molar-refractivity contribution in [2.45, 2.75) is 25.9 Å². The molecular formula is C15H22ClN3O2. The Morgan fingerprint density at radius 3 is 2.62 bits per heavy atom. The van der Waals surface area contributed by atoms with E-state index in [1.807, 2.05) is 17.9 Å². The molecule has 2 amide bonds. The minimum absolute atomic E-state index is 0. The van der Waals surface area contributed by atoms with Crippen LogP contribution in [-0.2, 0) is 4.79 Å². The molecule has 0 radical (unpaired) electrons. The molecular weight excluding hydrogens is 290 g/mol. The summed E-state index contributed by atoms with van der Waals surface area (Å²) in [5.74, 6) is -0.238. The van der Waals surface area contributed by atoms with Crippen molar-refractivity contribution in [1.82, 2.24) is 15.5 Å². The number of rotatable bonds is 3. The summed E-state index contributed by atoms with van der Waals surface area (Å²) in [5.41, 5.74) is 0.570. The topological polar surface area (TPSA) is 61.4 Å². The van der Waals surface area contributed by atoms with E-state index in [0.29, 0.717) is 12.1 Å². The molecule has 21 heavy (non-hydrogen) atoms. The lowest BCUT2D eigenvalue weighted by Gasteiger charge is -2.35. The minimum atomic E-state index is -0.511. The molecule has 1 aliphatic rings. The predicted octanol–water partition coefficient (Wildman–Crippen LogP) is 1.05. The van der Waals surface area contributed by atoms with E-state index in [-0.39, 0.29) is 30.3 Å². The highest BCUT2D eigenvalue weighted by Crippen LogP contribution is 2.06. The normalized spacial score (nSPS) is 19.3. The number of piperazine rings is 1. The first-order valence-corrected chi connectivity index (χ1v) is 6.96. The van der Waals surface area contributed by atoms with Gasteiger partial charge in [0.05, 0.1) is 0 Å². The van der Waals surface area contributed by atoms with Gasteiger partial charge < -0.3 is 15.5 Å². The van der Waals surface area contributed by atoms with Gasteiger partial charge in [-0.2, -0.15) is 0 Å². The molecule has 0 saturated carbocycles. The lowest BCUT2D eigenvalue weighted by molar-refractivity contribution is -0.135. The number of carbonyl (C=O) groups excluding carboxylic acids is 2. The molecule has 0 aromatic heterocycles. The summed E-state index contributed by atoms with van der Waals surface area (Å²) in [6, 6.07) is 8.59. The lowest BCUT2D eigenvalue weighted by Crippen LogP contribution is -2.57. The minimum Gasteiger partial charge on any atom is -0.341 e. The van der Waals surface area contributed by atoms with E-state index in [1.54, 1.807) is 31.2 Å². The zero-order chi connectivity index (χ0) is 14.5. The molecule has 1 heterocycles. The number of benzene rings is 1. The quantitative estimate of drug-likeness (QED) is 0.877. The zero-order valence-corrected chi connectivity index (χ0v) is 13.2. The number of halogens is 1. The van der Waals surface area contributed by atoms with Crippen molar-refractivity contribution in [3.63, 3.8) is 0 Å². The van der Waals surface area contributed by atoms with Crippen molar-refractivity contribution in [3.05, 3.63) is 35.9 Å². The average molecular weight is 312 g/mol. The summed E-state index contributed by atoms with van der Waals surface area (Å²) in [6.45, 7) is 6.03. The highest BCUT2D eigenvalue weighted by Gasteiger charge is 2.27. The van der Waals surface area contributed by atoms with Gasteiger partial charge in [0, 0.05) is 31.2 Å². The Labute approximate surface area is 131 Å². The van der Waals surface area contributed by atoms with E-state index in [4.69, 9.17) is 0 Å². The van der Waals surface area contributed by atoms with E-state index in [1.165, 1.54) is 0 Å². The van der Waals surface area contributed by atoms with Crippen molar-refractivity contribution in [3.8, 4) is 0 Å². The number of carbonyl (C=O) groups is 2. The van der Waals surface area contributed by atoms with Crippen molar-refractivity contribution in [2.24, 2.45) is 0 Å². The van der Waals surface area contributed by atoms with Gasteiger partial charge in [0.15, 0.2) is 0 Å². The van der Waals surface area contributed by atoms with Gasteiger partial charge in [0.25, 0.3) is 5.91 Å². The number of hydrogen-bond donors (Lipinski definition) is 2. The van der Waals surface area contributed by atoms with Crippen LogP contribution in [0.3, 0.4) is 0 Å². The molecule has 0 bridgehead atoms. The van der Waals surface area contributed by atoms with E-state index in [0.717, 1.165) is 13.1 Å². The van der Waals surface area contributed by atoms with Gasteiger partial charge in [-0.25, -0.2) is 0 Å². The Bertz CT molecular complexity index is 481. The Balaban J connectivity index is 0.00000220. The molecule has 2 rings (SSSR count). The standard InChI is InChI=1S/C15H21N3O2.ClH/c1-11-10-16-8-9-18(11)15(20)12(2)17-14(19)13-6-4-3-5-7-13;/h3-7,11-12,16H,8-10H2,1-2H3,(H,17,19);1H/t11-,12?;/m1./s1. The van der Waals surface area contributed by atoms with Gasteiger partial charge >= 0.3 is 0 Å². The second-order valence-corrected chi connectivity index (χ2v) is 5.15. The van der Waals surface area contributed by atoms with Crippen LogP contribution in [0.2, 0.25) is 0 Å². The molecule has 6 heteroatoms. The Kier molecular flexibility index (Phi) is 6.65. The first-order chi connectivity index (χ1) is 9.59. The van der Waals surface area contributed by atoms with Crippen LogP contribution >= 0.6 is 12.4 Å². The monoisotopic (exact) mass is 311 g/mol. The first kappa shape index (κ1) is 17.5. The maximum Gasteiger partial charge on any atom is 0.251 e. The van der Waals surface area contributed by atoms with E-state index in [9.17, 15) is 9.59 Å². The van der Waals surface area contributed by atoms with Gasteiger partial charge in [-0.3, -0.25) is 9.59 Å². The van der Waals surface area contributed by atoms with Gasteiger partial charge in [-0.15, -0.1) is 12.4 Å². The SMILES string of the molecule is CC(NC(=O)c1ccccc1)C(=O)N1CCNC[C@H]1C.Cl. The van der Waals surface area contributed by atoms with Crippen molar-refractivity contribution >= 4 is 24.2 Å². The Hall–Kier alpha value is -1.59. The molecule has 1 aromatic carbocycles. The average Bonchev–Trinajstić information content (AvgIpc) is 2.48. The molecule has 1 aromatic rings. The van der Waals surface area contributed by atoms with Crippen LogP contribution in [0.25, 0.3) is 0 Å². The van der Waals surface area contributed by atoms with Crippen LogP contribution in [0.5, 0.6) is 0 Å². The molecule has 1 saturated heterocycles. The highest BCUT2D eigenvalue weighted by molar-refractivity contribution is 5.97. The maximum atomic E-state index is 12.4. The largest absolute Gasteiger partial charge is 0.341 e. The zero-order valence-electron chi connectivity index (χ0n) is 12.3. The third kappa shape index (κ3) is 4.44. The molecule has 1 unspecified atom stereocenters. The summed E-state index contributed by atoms with van der Waals surface area (Å²) in [7, 11) is 0. The van der Waals surface area contributed by atoms with Crippen LogP contribution in [0.15, 0.2) is 30.3 Å². The fourth-order valence-electron chi connectivity index (χ4n) is 2.35. The van der Waals surface area contributed by atoms with Gasteiger partial charge in [-0.1, -0.05) is 18.2 Å². The molecule has 1 fully saturated rings. The Morgan fingerprint density at radius 1 is 1.33 bits per heavy atom. The summed E-state index contributed by atoms with van der Waals surface area (Å²) >= 11 is 0. The summed E-state index contributed by atoms with van der Waals surface area (Å²) in [4.78, 5) is 26.2. The van der Waals surface area contributed by atoms with E-state index < -0.39 is 6.04 Å². The molecule has 116 valence electrons. The summed E-state index contributed by atoms with van der Waals surface area (Å²) in [6.07, 6.45) is 0. The van der Waals surface area contributed by atoms with Gasteiger partial charge in [0.1, 0.15) is 6.04 Å². The smallest absolute Gasteiger partial charge is 0.251 e. The van der Waals surface area contributed by atoms with Gasteiger partial charge in [-0.05, 0) is 26.0 Å². The van der Waals surface area contributed by atoms with Crippen LogP contribution in [0, 0.1) is 0 Å². The van der Waals surface area contributed by atoms with Crippen LogP contribution in [-0.4, -0.2) is 48.4 Å². The van der Waals surface area contributed by atoms with Crippen molar-refractivity contribution < 1.29 is 9.59 Å². The number of amides is 2. The number of hydrogen-bond acceptors (Lipinski definition) is 3. The second kappa shape index (κ2) is 8.00. The third-order valence-electron chi connectivity index (χ3n) is 3.54. The van der Waals surface area contributed by atoms with Crippen LogP contribution < -0.4 is 10.6 Å². The molecule has 0 aliphatic carbocycles. The van der Waals surface area contributed by atoms with Crippen molar-refractivity contribution in [1.29, 1.82) is 0 Å². The third-order valence-corrected chi connectivity index (χ3v) is 3.54. The first-order valence-electron chi connectivity index (χ1n) is 6.96. The molecule has 1 aliphatic heterocycles. The fraction of sp³-hybridized carbons (Fsp3) is 0.467. The predicted molar refractivity (Wildman–Crippen MR) is 84.7 cm³/mol. The van der Waals surface area contributed by atoms with Crippen molar-refractivity contribution in [2.75, 3.05) is 19.6 Å². The van der Waals surface area contributed by atoms with Gasteiger partial charge in [0.2, 0.25) is 5.91 Å². The summed E-state index contributed by atoms with van der Waals surface area (Å²) < 4.78 is 0. The van der Waals surface area contributed by atoms with Crippen LogP contribution in [0.4, 0.5) is 0 Å². The number of nitrogens with zero attached hydrogens (tertiary/aromatic N) is 1. The molecule has 2 atom stereocenters. The number of nitrogens with one attached hydrogen (secondary N) is 2. The van der Waals surface area contributed by atoms with E-state index in [2.05, 4.69) is 10.6 Å². The molecule has 2 N–H and O–H groups in total. The highest BCUT2D eigenvalue weighted by atomic mass is 35.5. The Morgan fingerprint density at radius 2 is 2.00 bits per heavy atom. The summed E-state index contributed by atoms with van der Waals surface area (Å²) in [5, 5.41) is 6.01. The second-order valence-electron chi connectivity index (χ2n) is 5.15. The molecule has 5 nitrogen and oxygen atoms in total. The molecule has 0 spiro atoms.